The molecule has 0 unspecified atom stereocenters. The summed E-state index contributed by atoms with van der Waals surface area (Å²) in [5.41, 5.74) is -0.0968. The molecule has 2 aliphatic rings. The maximum atomic E-state index is 13.1. The molecule has 3 heterocycles. The Kier molecular flexibility index (Phi) is 5.03. The van der Waals surface area contributed by atoms with Gasteiger partial charge in [-0.1, -0.05) is 23.4 Å². The van der Waals surface area contributed by atoms with Crippen LogP contribution in [0.25, 0.3) is 0 Å². The fourth-order valence-corrected chi connectivity index (χ4v) is 6.34. The third kappa shape index (κ3) is 3.59. The number of nitrogens with zero attached hydrogens (tertiary/aromatic N) is 5. The van der Waals surface area contributed by atoms with E-state index in [4.69, 9.17) is 4.52 Å². The third-order valence-electron chi connectivity index (χ3n) is 5.74. The van der Waals surface area contributed by atoms with Crippen molar-refractivity contribution in [2.75, 3.05) is 46.8 Å². The van der Waals surface area contributed by atoms with Crippen LogP contribution in [0.15, 0.2) is 39.8 Å². The molecule has 8 nitrogen and oxygen atoms in total. The number of aryl methyl sites for hydroxylation is 1. The summed E-state index contributed by atoms with van der Waals surface area (Å²) >= 11 is 0. The predicted octanol–water partition coefficient (Wildman–Crippen LogP) is 1.06. The standard InChI is InChI=1S/C19H27N5O3S/c1-15-20-18(27-21-15)11-23-9-16-10-24(14-19(16,13-23)12-22(2)3)28(25,26)17-7-5-4-6-8-17/h4-8,16H,9-14H2,1-3H3/t16-,19+/m0/s1. The first-order valence-corrected chi connectivity index (χ1v) is 10.9. The van der Waals surface area contributed by atoms with E-state index in [2.05, 4.69) is 19.9 Å². The molecule has 4 rings (SSSR count). The number of fused-ring (bicyclic) bond motifs is 1. The summed E-state index contributed by atoms with van der Waals surface area (Å²) in [6.07, 6.45) is 0. The molecule has 152 valence electrons. The molecule has 28 heavy (non-hydrogen) atoms. The molecule has 0 amide bonds. The number of benzene rings is 1. The van der Waals surface area contributed by atoms with Crippen molar-refractivity contribution in [2.45, 2.75) is 18.4 Å². The summed E-state index contributed by atoms with van der Waals surface area (Å²) < 4.78 is 33.2. The molecule has 2 atom stereocenters. The van der Waals surface area contributed by atoms with Gasteiger partial charge in [0, 0.05) is 38.1 Å². The van der Waals surface area contributed by atoms with Gasteiger partial charge in [0.1, 0.15) is 0 Å². The Labute approximate surface area is 166 Å². The maximum Gasteiger partial charge on any atom is 0.243 e. The highest BCUT2D eigenvalue weighted by Gasteiger charge is 2.55. The highest BCUT2D eigenvalue weighted by atomic mass is 32.2. The summed E-state index contributed by atoms with van der Waals surface area (Å²) in [6.45, 7) is 5.99. The van der Waals surface area contributed by atoms with Crippen LogP contribution in [0, 0.1) is 18.3 Å². The fraction of sp³-hybridized carbons (Fsp3) is 0.579. The van der Waals surface area contributed by atoms with Gasteiger partial charge in [-0.05, 0) is 39.1 Å². The quantitative estimate of drug-likeness (QED) is 0.711. The monoisotopic (exact) mass is 405 g/mol. The van der Waals surface area contributed by atoms with E-state index in [1.807, 2.05) is 27.1 Å². The van der Waals surface area contributed by atoms with Gasteiger partial charge in [0.15, 0.2) is 5.82 Å². The van der Waals surface area contributed by atoms with Gasteiger partial charge in [-0.25, -0.2) is 8.42 Å². The lowest BCUT2D eigenvalue weighted by atomic mass is 9.80. The van der Waals surface area contributed by atoms with E-state index in [-0.39, 0.29) is 11.3 Å². The summed E-state index contributed by atoms with van der Waals surface area (Å²) in [7, 11) is 0.619. The summed E-state index contributed by atoms with van der Waals surface area (Å²) in [6, 6.07) is 8.72. The van der Waals surface area contributed by atoms with Crippen LogP contribution < -0.4 is 0 Å². The lowest BCUT2D eigenvalue weighted by Crippen LogP contribution is -2.42. The van der Waals surface area contributed by atoms with Crippen LogP contribution in [0.5, 0.6) is 0 Å². The Morgan fingerprint density at radius 1 is 1.21 bits per heavy atom. The third-order valence-corrected chi connectivity index (χ3v) is 7.56. The van der Waals surface area contributed by atoms with Crippen LogP contribution in [0.4, 0.5) is 0 Å². The van der Waals surface area contributed by atoms with E-state index in [0.717, 1.165) is 19.6 Å². The van der Waals surface area contributed by atoms with E-state index in [1.165, 1.54) is 0 Å². The van der Waals surface area contributed by atoms with Crippen LogP contribution in [0.1, 0.15) is 11.7 Å². The van der Waals surface area contributed by atoms with E-state index in [9.17, 15) is 8.42 Å². The van der Waals surface area contributed by atoms with Crippen molar-refractivity contribution < 1.29 is 12.9 Å². The smallest absolute Gasteiger partial charge is 0.243 e. The Morgan fingerprint density at radius 3 is 2.61 bits per heavy atom. The average Bonchev–Trinajstić information content (AvgIpc) is 3.27. The SMILES string of the molecule is Cc1noc(CN2C[C@H]3CN(S(=O)(=O)c4ccccc4)C[C@@]3(CN(C)C)C2)n1. The highest BCUT2D eigenvalue weighted by Crippen LogP contribution is 2.45. The van der Waals surface area contributed by atoms with E-state index < -0.39 is 10.0 Å². The molecular weight excluding hydrogens is 378 g/mol. The van der Waals surface area contributed by atoms with Crippen molar-refractivity contribution in [1.29, 1.82) is 0 Å². The molecule has 0 saturated carbocycles. The summed E-state index contributed by atoms with van der Waals surface area (Å²) in [5.74, 6) is 1.53. The summed E-state index contributed by atoms with van der Waals surface area (Å²) in [5, 5.41) is 3.87. The molecule has 0 bridgehead atoms. The molecule has 9 heteroatoms. The van der Waals surface area contributed by atoms with E-state index in [0.29, 0.717) is 36.2 Å². The van der Waals surface area contributed by atoms with Crippen LogP contribution >= 0.6 is 0 Å². The second-order valence-electron chi connectivity index (χ2n) is 8.31. The van der Waals surface area contributed by atoms with Crippen molar-refractivity contribution in [3.8, 4) is 0 Å². The first kappa shape index (κ1) is 19.5. The van der Waals surface area contributed by atoms with E-state index in [1.54, 1.807) is 28.6 Å². The second kappa shape index (κ2) is 7.22. The normalized spacial score (nSPS) is 26.2. The largest absolute Gasteiger partial charge is 0.338 e. The fourth-order valence-electron chi connectivity index (χ4n) is 4.74. The number of likely N-dealkylation sites (tertiary alicyclic amines) is 1. The molecule has 2 aromatic rings. The van der Waals surface area contributed by atoms with Gasteiger partial charge in [-0.15, -0.1) is 0 Å². The topological polar surface area (TPSA) is 82.8 Å². The first-order valence-electron chi connectivity index (χ1n) is 9.50. The second-order valence-corrected chi connectivity index (χ2v) is 10.3. The number of rotatable bonds is 6. The van der Waals surface area contributed by atoms with Crippen LogP contribution in [0.3, 0.4) is 0 Å². The maximum absolute atomic E-state index is 13.1. The molecule has 0 spiro atoms. The van der Waals surface area contributed by atoms with Crippen LogP contribution in [-0.4, -0.2) is 79.5 Å². The van der Waals surface area contributed by atoms with E-state index >= 15 is 0 Å². The van der Waals surface area contributed by atoms with Crippen LogP contribution in [0.2, 0.25) is 0 Å². The van der Waals surface area contributed by atoms with Gasteiger partial charge < -0.3 is 9.42 Å². The van der Waals surface area contributed by atoms with Gasteiger partial charge in [-0.2, -0.15) is 9.29 Å². The zero-order valence-electron chi connectivity index (χ0n) is 16.6. The van der Waals surface area contributed by atoms with Gasteiger partial charge in [0.2, 0.25) is 15.9 Å². The molecule has 0 radical (unpaired) electrons. The van der Waals surface area contributed by atoms with Crippen molar-refractivity contribution in [3.63, 3.8) is 0 Å². The summed E-state index contributed by atoms with van der Waals surface area (Å²) in [4.78, 5) is 9.15. The highest BCUT2D eigenvalue weighted by molar-refractivity contribution is 7.89. The molecule has 0 N–H and O–H groups in total. The predicted molar refractivity (Wildman–Crippen MR) is 104 cm³/mol. The average molecular weight is 406 g/mol. The van der Waals surface area contributed by atoms with Crippen molar-refractivity contribution in [2.24, 2.45) is 11.3 Å². The van der Waals surface area contributed by atoms with Gasteiger partial charge >= 0.3 is 0 Å². The molecular formula is C19H27N5O3S. The minimum absolute atomic E-state index is 0.0968. The molecule has 1 aromatic heterocycles. The van der Waals surface area contributed by atoms with Gasteiger partial charge in [-0.3, -0.25) is 4.90 Å². The molecule has 0 aliphatic carbocycles. The van der Waals surface area contributed by atoms with Crippen molar-refractivity contribution in [1.82, 2.24) is 24.2 Å². The Bertz CT molecular complexity index is 930. The first-order chi connectivity index (χ1) is 13.3. The Morgan fingerprint density at radius 2 is 1.96 bits per heavy atom. The Hall–Kier alpha value is -1.81. The lowest BCUT2D eigenvalue weighted by Gasteiger charge is -2.32. The lowest BCUT2D eigenvalue weighted by molar-refractivity contribution is 0.172. The number of aromatic nitrogens is 2. The number of sulfonamides is 1. The zero-order chi connectivity index (χ0) is 19.9. The zero-order valence-corrected chi connectivity index (χ0v) is 17.4. The van der Waals surface area contributed by atoms with Gasteiger partial charge in [0.25, 0.3) is 0 Å². The molecule has 2 fully saturated rings. The minimum atomic E-state index is -3.47. The van der Waals surface area contributed by atoms with Crippen molar-refractivity contribution >= 4 is 10.0 Å². The van der Waals surface area contributed by atoms with Gasteiger partial charge in [0.05, 0.1) is 11.4 Å². The number of hydrogen-bond donors (Lipinski definition) is 0. The van der Waals surface area contributed by atoms with Crippen LogP contribution in [-0.2, 0) is 16.6 Å². The Balaban J connectivity index is 1.54. The molecule has 1 aromatic carbocycles. The van der Waals surface area contributed by atoms with Crippen molar-refractivity contribution in [3.05, 3.63) is 42.0 Å². The molecule has 2 aliphatic heterocycles. The number of hydrogen-bond acceptors (Lipinski definition) is 7. The minimum Gasteiger partial charge on any atom is -0.338 e. The molecule has 2 saturated heterocycles.